The molecular formula is C24H29ClN4O3S. The Balaban J connectivity index is 0.00000306. The lowest BCUT2D eigenvalue weighted by atomic mass is 10.0. The van der Waals surface area contributed by atoms with Crippen molar-refractivity contribution in [2.75, 3.05) is 43.9 Å². The van der Waals surface area contributed by atoms with Gasteiger partial charge in [0.15, 0.2) is 0 Å². The van der Waals surface area contributed by atoms with Gasteiger partial charge in [-0.3, -0.25) is 14.5 Å². The van der Waals surface area contributed by atoms with Crippen LogP contribution in [0.5, 0.6) is 0 Å². The molecule has 1 amide bonds. The van der Waals surface area contributed by atoms with Gasteiger partial charge in [-0.05, 0) is 32.0 Å². The Morgan fingerprint density at radius 3 is 2.64 bits per heavy atom. The largest absolute Gasteiger partial charge is 0.379 e. The molecule has 1 saturated heterocycles. The molecule has 0 aliphatic carbocycles. The first-order chi connectivity index (χ1) is 15.4. The molecule has 3 aromatic rings. The molecule has 1 aliphatic rings. The summed E-state index contributed by atoms with van der Waals surface area (Å²) in [6.45, 7) is 8.32. The third-order valence-corrected chi connectivity index (χ3v) is 6.90. The van der Waals surface area contributed by atoms with E-state index in [2.05, 4.69) is 20.4 Å². The monoisotopic (exact) mass is 488 g/mol. The number of aromatic amines is 1. The Labute approximate surface area is 203 Å². The van der Waals surface area contributed by atoms with Crippen LogP contribution in [0.2, 0.25) is 0 Å². The fourth-order valence-corrected chi connectivity index (χ4v) is 4.72. The van der Waals surface area contributed by atoms with Crippen LogP contribution in [0.1, 0.15) is 13.8 Å². The summed E-state index contributed by atoms with van der Waals surface area (Å²) in [6, 6.07) is 14.9. The minimum atomic E-state index is -0.564. The summed E-state index contributed by atoms with van der Waals surface area (Å²) in [5.74, 6) is 0.842. The molecule has 33 heavy (non-hydrogen) atoms. The molecule has 1 aliphatic heterocycles. The normalized spacial score (nSPS) is 14.6. The number of nitrogens with zero attached hydrogens (tertiary/aromatic N) is 2. The zero-order valence-electron chi connectivity index (χ0n) is 18.8. The molecule has 0 spiro atoms. The lowest BCUT2D eigenvalue weighted by Crippen LogP contribution is -2.39. The number of rotatable bonds is 7. The van der Waals surface area contributed by atoms with E-state index < -0.39 is 4.75 Å². The number of hydrogen-bond acceptors (Lipinski definition) is 6. The van der Waals surface area contributed by atoms with Crippen molar-refractivity contribution in [3.8, 4) is 11.3 Å². The zero-order valence-corrected chi connectivity index (χ0v) is 20.4. The van der Waals surface area contributed by atoms with Crippen molar-refractivity contribution in [1.29, 1.82) is 0 Å². The van der Waals surface area contributed by atoms with E-state index in [4.69, 9.17) is 4.74 Å². The van der Waals surface area contributed by atoms with Crippen molar-refractivity contribution < 1.29 is 9.53 Å². The van der Waals surface area contributed by atoms with E-state index in [1.165, 1.54) is 0 Å². The third kappa shape index (κ3) is 6.14. The van der Waals surface area contributed by atoms with E-state index in [9.17, 15) is 9.59 Å². The number of carbonyl (C=O) groups excluding carboxylic acids is 1. The van der Waals surface area contributed by atoms with Gasteiger partial charge in [0, 0.05) is 42.0 Å². The van der Waals surface area contributed by atoms with Gasteiger partial charge >= 0.3 is 0 Å². The van der Waals surface area contributed by atoms with Crippen LogP contribution in [0.25, 0.3) is 22.0 Å². The minimum absolute atomic E-state index is 0. The second-order valence-corrected chi connectivity index (χ2v) is 10.0. The summed E-state index contributed by atoms with van der Waals surface area (Å²) in [6.07, 6.45) is 0. The van der Waals surface area contributed by atoms with Crippen LogP contribution in [0.4, 0.5) is 5.69 Å². The molecule has 2 aromatic carbocycles. The highest BCUT2D eigenvalue weighted by Gasteiger charge is 2.28. The number of amides is 1. The zero-order chi connectivity index (χ0) is 22.6. The van der Waals surface area contributed by atoms with Crippen molar-refractivity contribution >= 4 is 46.5 Å². The molecule has 0 unspecified atom stereocenters. The quantitative estimate of drug-likeness (QED) is 0.526. The highest BCUT2D eigenvalue weighted by Crippen LogP contribution is 2.29. The molecule has 0 atom stereocenters. The van der Waals surface area contributed by atoms with Gasteiger partial charge in [-0.2, -0.15) is 5.10 Å². The predicted octanol–water partition coefficient (Wildman–Crippen LogP) is 3.79. The summed E-state index contributed by atoms with van der Waals surface area (Å²) in [7, 11) is 0. The molecule has 4 rings (SSSR count). The SMILES string of the molecule is CC(C)(SCCN1CCOCC1)C(=O)Nc1cccc(-c2n[nH]c(=O)c3ccccc23)c1.Cl. The molecule has 0 saturated carbocycles. The van der Waals surface area contributed by atoms with Crippen LogP contribution in [0.15, 0.2) is 53.3 Å². The van der Waals surface area contributed by atoms with Crippen LogP contribution in [0, 0.1) is 0 Å². The van der Waals surface area contributed by atoms with Crippen LogP contribution >= 0.6 is 24.2 Å². The smallest absolute Gasteiger partial charge is 0.272 e. The summed E-state index contributed by atoms with van der Waals surface area (Å²) < 4.78 is 4.82. The average molecular weight is 489 g/mol. The number of thioether (sulfide) groups is 1. The Morgan fingerprint density at radius 1 is 1.15 bits per heavy atom. The van der Waals surface area contributed by atoms with Crippen LogP contribution < -0.4 is 10.9 Å². The maximum absolute atomic E-state index is 13.0. The Morgan fingerprint density at radius 2 is 1.88 bits per heavy atom. The molecule has 2 heterocycles. The van der Waals surface area contributed by atoms with Crippen molar-refractivity contribution in [2.24, 2.45) is 0 Å². The van der Waals surface area contributed by atoms with Gasteiger partial charge in [0.25, 0.3) is 5.56 Å². The molecule has 176 valence electrons. The maximum Gasteiger partial charge on any atom is 0.272 e. The second-order valence-electron chi connectivity index (χ2n) is 8.29. The third-order valence-electron chi connectivity index (χ3n) is 5.61. The fourth-order valence-electron chi connectivity index (χ4n) is 3.68. The molecule has 0 radical (unpaired) electrons. The number of halogens is 1. The lowest BCUT2D eigenvalue weighted by Gasteiger charge is -2.28. The van der Waals surface area contributed by atoms with Crippen LogP contribution in [0.3, 0.4) is 0 Å². The molecule has 7 nitrogen and oxygen atoms in total. The number of benzene rings is 2. The lowest BCUT2D eigenvalue weighted by molar-refractivity contribution is -0.117. The average Bonchev–Trinajstić information content (AvgIpc) is 2.80. The van der Waals surface area contributed by atoms with Gasteiger partial charge < -0.3 is 10.1 Å². The van der Waals surface area contributed by atoms with Gasteiger partial charge in [-0.15, -0.1) is 24.2 Å². The van der Waals surface area contributed by atoms with Gasteiger partial charge in [0.2, 0.25) is 5.91 Å². The van der Waals surface area contributed by atoms with E-state index in [0.717, 1.165) is 49.6 Å². The summed E-state index contributed by atoms with van der Waals surface area (Å²) in [4.78, 5) is 27.4. The fraction of sp³-hybridized carbons (Fsp3) is 0.375. The predicted molar refractivity (Wildman–Crippen MR) is 137 cm³/mol. The molecule has 1 fully saturated rings. The summed E-state index contributed by atoms with van der Waals surface area (Å²) in [5.41, 5.74) is 1.99. The molecule has 0 bridgehead atoms. The summed E-state index contributed by atoms with van der Waals surface area (Å²) >= 11 is 1.66. The molecule has 2 N–H and O–H groups in total. The van der Waals surface area contributed by atoms with E-state index in [1.54, 1.807) is 17.8 Å². The number of nitrogens with one attached hydrogen (secondary N) is 2. The number of aromatic nitrogens is 2. The number of carbonyl (C=O) groups is 1. The van der Waals surface area contributed by atoms with Gasteiger partial charge in [-0.1, -0.05) is 30.3 Å². The number of ether oxygens (including phenoxy) is 1. The number of morpholine rings is 1. The second kappa shape index (κ2) is 11.2. The van der Waals surface area contributed by atoms with E-state index in [1.807, 2.05) is 56.3 Å². The molecular weight excluding hydrogens is 460 g/mol. The number of fused-ring (bicyclic) bond motifs is 1. The highest BCUT2D eigenvalue weighted by atomic mass is 35.5. The van der Waals surface area contributed by atoms with Crippen molar-refractivity contribution in [1.82, 2.24) is 15.1 Å². The van der Waals surface area contributed by atoms with Crippen molar-refractivity contribution in [3.63, 3.8) is 0 Å². The summed E-state index contributed by atoms with van der Waals surface area (Å²) in [5, 5.41) is 11.2. The number of hydrogen-bond donors (Lipinski definition) is 2. The van der Waals surface area contributed by atoms with E-state index >= 15 is 0 Å². The van der Waals surface area contributed by atoms with Gasteiger partial charge in [-0.25, -0.2) is 5.10 Å². The topological polar surface area (TPSA) is 87.3 Å². The molecule has 1 aromatic heterocycles. The van der Waals surface area contributed by atoms with Crippen LogP contribution in [-0.4, -0.2) is 64.4 Å². The minimum Gasteiger partial charge on any atom is -0.379 e. The first-order valence-corrected chi connectivity index (χ1v) is 11.8. The molecule has 9 heteroatoms. The van der Waals surface area contributed by atoms with Gasteiger partial charge in [0.05, 0.1) is 29.0 Å². The Kier molecular flexibility index (Phi) is 8.53. The van der Waals surface area contributed by atoms with Crippen LogP contribution in [-0.2, 0) is 9.53 Å². The first-order valence-electron chi connectivity index (χ1n) is 10.8. The highest BCUT2D eigenvalue weighted by molar-refractivity contribution is 8.01. The van der Waals surface area contributed by atoms with Gasteiger partial charge in [0.1, 0.15) is 0 Å². The van der Waals surface area contributed by atoms with Crippen molar-refractivity contribution in [3.05, 3.63) is 58.9 Å². The van der Waals surface area contributed by atoms with E-state index in [-0.39, 0.29) is 23.9 Å². The number of anilines is 1. The van der Waals surface area contributed by atoms with Crippen molar-refractivity contribution in [2.45, 2.75) is 18.6 Å². The standard InChI is InChI=1S/C24H28N4O3S.ClH/c1-24(2,32-15-12-28-10-13-31-14-11-28)23(30)25-18-7-5-6-17(16-18)21-19-8-3-4-9-20(19)22(29)27-26-21;/h3-9,16H,10-15H2,1-2H3,(H,25,30)(H,27,29);1H. The first kappa shape index (κ1) is 25.2. The Hall–Kier alpha value is -2.39. The van der Waals surface area contributed by atoms with E-state index in [0.29, 0.717) is 16.8 Å². The Bertz CT molecular complexity index is 1160. The maximum atomic E-state index is 13.0. The number of H-pyrrole nitrogens is 1.